The number of carbonyl (C=O) groups excluding carboxylic acids is 3. The monoisotopic (exact) mass is 441 g/mol. The summed E-state index contributed by atoms with van der Waals surface area (Å²) < 4.78 is 15.6. The topological polar surface area (TPSA) is 90.9 Å². The molecule has 2 aromatic rings. The van der Waals surface area contributed by atoms with E-state index >= 15 is 0 Å². The molecule has 7 nitrogen and oxygen atoms in total. The first kappa shape index (κ1) is 24.9. The Labute approximate surface area is 189 Å². The molecule has 2 aromatic carbocycles. The van der Waals surface area contributed by atoms with E-state index in [1.807, 2.05) is 6.07 Å². The second kappa shape index (κ2) is 13.1. The molecule has 172 valence electrons. The summed E-state index contributed by atoms with van der Waals surface area (Å²) in [7, 11) is 3.11. The Balaban J connectivity index is 1.77. The lowest BCUT2D eigenvalue weighted by Gasteiger charge is -2.09. The van der Waals surface area contributed by atoms with Crippen LogP contribution in [-0.2, 0) is 20.7 Å². The van der Waals surface area contributed by atoms with Crippen molar-refractivity contribution in [1.82, 2.24) is 0 Å². The number of methoxy groups -OCH3 is 2. The van der Waals surface area contributed by atoms with E-state index in [9.17, 15) is 14.4 Å². The summed E-state index contributed by atoms with van der Waals surface area (Å²) in [6, 6.07) is 12.0. The van der Waals surface area contributed by atoms with E-state index in [1.165, 1.54) is 0 Å². The molecule has 0 fully saturated rings. The fourth-order valence-electron chi connectivity index (χ4n) is 3.08. The number of ether oxygens (including phenoxy) is 3. The molecule has 0 heterocycles. The van der Waals surface area contributed by atoms with Gasteiger partial charge in [-0.15, -0.1) is 0 Å². The van der Waals surface area contributed by atoms with Crippen LogP contribution in [0, 0.1) is 0 Å². The van der Waals surface area contributed by atoms with Crippen molar-refractivity contribution in [2.75, 3.05) is 26.1 Å². The fourth-order valence-corrected chi connectivity index (χ4v) is 3.08. The van der Waals surface area contributed by atoms with Crippen molar-refractivity contribution >= 4 is 23.3 Å². The summed E-state index contributed by atoms with van der Waals surface area (Å²) in [5.41, 5.74) is 1.95. The highest BCUT2D eigenvalue weighted by atomic mass is 16.5. The average Bonchev–Trinajstić information content (AvgIpc) is 2.81. The maximum absolute atomic E-state index is 12.3. The number of nitrogens with one attached hydrogen (secondary N) is 1. The summed E-state index contributed by atoms with van der Waals surface area (Å²) in [5, 5.41) is 2.81. The smallest absolute Gasteiger partial charge is 0.306 e. The number of esters is 1. The van der Waals surface area contributed by atoms with Gasteiger partial charge in [0, 0.05) is 24.1 Å². The Morgan fingerprint density at radius 2 is 1.59 bits per heavy atom. The number of aryl methyl sites for hydroxylation is 1. The predicted octanol–water partition coefficient (Wildman–Crippen LogP) is 4.58. The lowest BCUT2D eigenvalue weighted by Crippen LogP contribution is -2.15. The molecule has 0 aliphatic rings. The molecule has 0 saturated heterocycles. The number of carbonyl (C=O) groups is 3. The molecule has 2 rings (SSSR count). The first-order valence-corrected chi connectivity index (χ1v) is 10.8. The SMILES string of the molecule is CCCCCC(=O)Nc1ccc(C(=O)COC(=O)CCc2ccc(OC)c(OC)c2)cc1. The van der Waals surface area contributed by atoms with Gasteiger partial charge in [-0.25, -0.2) is 0 Å². The van der Waals surface area contributed by atoms with Crippen molar-refractivity contribution in [2.24, 2.45) is 0 Å². The van der Waals surface area contributed by atoms with Gasteiger partial charge in [-0.05, 0) is 54.8 Å². The highest BCUT2D eigenvalue weighted by Crippen LogP contribution is 2.28. The molecule has 0 aromatic heterocycles. The number of benzene rings is 2. The number of hydrogen-bond donors (Lipinski definition) is 1. The molecule has 0 unspecified atom stereocenters. The molecule has 1 N–H and O–H groups in total. The summed E-state index contributed by atoms with van der Waals surface area (Å²) in [4.78, 5) is 36.2. The van der Waals surface area contributed by atoms with Crippen LogP contribution in [0.15, 0.2) is 42.5 Å². The molecule has 0 atom stereocenters. The second-order valence-corrected chi connectivity index (χ2v) is 7.36. The molecule has 1 amide bonds. The van der Waals surface area contributed by atoms with Crippen molar-refractivity contribution in [1.29, 1.82) is 0 Å². The van der Waals surface area contributed by atoms with Crippen LogP contribution in [0.25, 0.3) is 0 Å². The van der Waals surface area contributed by atoms with Crippen LogP contribution in [0.4, 0.5) is 5.69 Å². The van der Waals surface area contributed by atoms with E-state index in [1.54, 1.807) is 50.6 Å². The minimum atomic E-state index is -0.455. The maximum atomic E-state index is 12.3. The molecule has 7 heteroatoms. The number of hydrogen-bond acceptors (Lipinski definition) is 6. The summed E-state index contributed by atoms with van der Waals surface area (Å²) in [6.45, 7) is 1.76. The molecule has 0 saturated carbocycles. The first-order valence-electron chi connectivity index (χ1n) is 10.8. The van der Waals surface area contributed by atoms with E-state index < -0.39 is 5.97 Å². The minimum Gasteiger partial charge on any atom is -0.493 e. The largest absolute Gasteiger partial charge is 0.493 e. The van der Waals surface area contributed by atoms with E-state index in [0.29, 0.717) is 35.6 Å². The van der Waals surface area contributed by atoms with Crippen molar-refractivity contribution in [3.8, 4) is 11.5 Å². The normalized spacial score (nSPS) is 10.3. The van der Waals surface area contributed by atoms with Crippen molar-refractivity contribution in [2.45, 2.75) is 45.4 Å². The van der Waals surface area contributed by atoms with E-state index in [-0.39, 0.29) is 24.7 Å². The van der Waals surface area contributed by atoms with Gasteiger partial charge in [-0.1, -0.05) is 25.8 Å². The quantitative estimate of drug-likeness (QED) is 0.278. The lowest BCUT2D eigenvalue weighted by molar-refractivity contribution is -0.142. The Morgan fingerprint density at radius 3 is 2.25 bits per heavy atom. The third-order valence-corrected chi connectivity index (χ3v) is 4.93. The first-order chi connectivity index (χ1) is 15.5. The molecule has 0 spiro atoms. The molecule has 0 bridgehead atoms. The Kier molecular flexibility index (Phi) is 10.2. The van der Waals surface area contributed by atoms with Gasteiger partial charge in [0.2, 0.25) is 5.91 Å². The Hall–Kier alpha value is -3.35. The number of unbranched alkanes of at least 4 members (excludes halogenated alkanes) is 2. The number of amides is 1. The zero-order chi connectivity index (χ0) is 23.3. The highest BCUT2D eigenvalue weighted by Gasteiger charge is 2.12. The number of rotatable bonds is 13. The molecular formula is C25H31NO6. The van der Waals surface area contributed by atoms with Gasteiger partial charge in [-0.3, -0.25) is 14.4 Å². The molecule has 0 aliphatic carbocycles. The number of Topliss-reactive ketones (excluding diaryl/α,β-unsaturated/α-hetero) is 1. The Morgan fingerprint density at radius 1 is 0.875 bits per heavy atom. The zero-order valence-corrected chi connectivity index (χ0v) is 18.9. The lowest BCUT2D eigenvalue weighted by atomic mass is 10.1. The van der Waals surface area contributed by atoms with Crippen LogP contribution < -0.4 is 14.8 Å². The van der Waals surface area contributed by atoms with E-state index in [2.05, 4.69) is 12.2 Å². The molecular weight excluding hydrogens is 410 g/mol. The van der Waals surface area contributed by atoms with Crippen LogP contribution >= 0.6 is 0 Å². The third kappa shape index (κ3) is 8.06. The van der Waals surface area contributed by atoms with Crippen LogP contribution in [0.1, 0.15) is 54.9 Å². The van der Waals surface area contributed by atoms with Gasteiger partial charge in [-0.2, -0.15) is 0 Å². The third-order valence-electron chi connectivity index (χ3n) is 4.93. The second-order valence-electron chi connectivity index (χ2n) is 7.36. The summed E-state index contributed by atoms with van der Waals surface area (Å²) in [5.74, 6) is 0.413. The van der Waals surface area contributed by atoms with E-state index in [4.69, 9.17) is 14.2 Å². The van der Waals surface area contributed by atoms with Crippen LogP contribution in [0.5, 0.6) is 11.5 Å². The predicted molar refractivity (Wildman–Crippen MR) is 122 cm³/mol. The van der Waals surface area contributed by atoms with Gasteiger partial charge >= 0.3 is 5.97 Å². The number of ketones is 1. The van der Waals surface area contributed by atoms with Gasteiger partial charge < -0.3 is 19.5 Å². The van der Waals surface area contributed by atoms with Crippen LogP contribution in [0.2, 0.25) is 0 Å². The van der Waals surface area contributed by atoms with Gasteiger partial charge in [0.1, 0.15) is 0 Å². The fraction of sp³-hybridized carbons (Fsp3) is 0.400. The molecule has 32 heavy (non-hydrogen) atoms. The van der Waals surface area contributed by atoms with Crippen LogP contribution in [-0.4, -0.2) is 38.5 Å². The minimum absolute atomic E-state index is 0.0408. The van der Waals surface area contributed by atoms with Crippen molar-refractivity contribution in [3.05, 3.63) is 53.6 Å². The van der Waals surface area contributed by atoms with E-state index in [0.717, 1.165) is 24.8 Å². The highest BCUT2D eigenvalue weighted by molar-refractivity contribution is 5.98. The van der Waals surface area contributed by atoms with Crippen LogP contribution in [0.3, 0.4) is 0 Å². The standard InChI is InChI=1S/C25H31NO6/c1-4-5-6-7-24(28)26-20-12-10-19(11-13-20)21(27)17-32-25(29)15-9-18-8-14-22(30-2)23(16-18)31-3/h8,10-14,16H,4-7,9,15,17H2,1-3H3,(H,26,28). The van der Waals surface area contributed by atoms with Crippen molar-refractivity contribution in [3.63, 3.8) is 0 Å². The zero-order valence-electron chi connectivity index (χ0n) is 18.9. The average molecular weight is 442 g/mol. The van der Waals surface area contributed by atoms with Gasteiger partial charge in [0.05, 0.1) is 14.2 Å². The van der Waals surface area contributed by atoms with Crippen molar-refractivity contribution < 1.29 is 28.6 Å². The van der Waals surface area contributed by atoms with Gasteiger partial charge in [0.15, 0.2) is 23.9 Å². The summed E-state index contributed by atoms with van der Waals surface area (Å²) in [6.07, 6.45) is 4.02. The maximum Gasteiger partial charge on any atom is 0.306 e. The van der Waals surface area contributed by atoms with Gasteiger partial charge in [0.25, 0.3) is 0 Å². The molecule has 0 radical (unpaired) electrons. The molecule has 0 aliphatic heterocycles. The number of anilines is 1. The Bertz CT molecular complexity index is 907. The summed E-state index contributed by atoms with van der Waals surface area (Å²) >= 11 is 0.